The third-order valence-corrected chi connectivity index (χ3v) is 2.81. The minimum absolute atomic E-state index is 0.0334. The molecule has 5 nitrogen and oxygen atoms in total. The summed E-state index contributed by atoms with van der Waals surface area (Å²) in [5.74, 6) is -0.0926. The van der Waals surface area contributed by atoms with Gasteiger partial charge in [0.2, 0.25) is 5.82 Å². The topological polar surface area (TPSA) is 61.9 Å². The number of amides is 1. The Hall–Kier alpha value is -1.60. The first-order valence-electron chi connectivity index (χ1n) is 6.19. The second-order valence-electron chi connectivity index (χ2n) is 4.66. The lowest BCUT2D eigenvalue weighted by Crippen LogP contribution is -2.40. The highest BCUT2D eigenvalue weighted by Gasteiger charge is 2.35. The number of halogens is 3. The van der Waals surface area contributed by atoms with E-state index in [9.17, 15) is 18.0 Å². The molecule has 1 fully saturated rings. The van der Waals surface area contributed by atoms with Crippen LogP contribution in [-0.4, -0.2) is 45.3 Å². The molecule has 8 heteroatoms. The highest BCUT2D eigenvalue weighted by Crippen LogP contribution is 2.37. The average molecular weight is 276 g/mol. The van der Waals surface area contributed by atoms with E-state index in [1.165, 1.54) is 0 Å². The summed E-state index contributed by atoms with van der Waals surface area (Å²) in [7, 11) is 0. The normalized spacial score (nSPS) is 15.6. The Labute approximate surface area is 108 Å². The largest absolute Gasteiger partial charge is 0.406 e. The molecule has 106 valence electrons. The summed E-state index contributed by atoms with van der Waals surface area (Å²) in [6.07, 6.45) is -2.02. The van der Waals surface area contributed by atoms with Gasteiger partial charge in [0.1, 0.15) is 12.4 Å². The fourth-order valence-corrected chi connectivity index (χ4v) is 1.79. The van der Waals surface area contributed by atoms with Crippen LogP contribution in [0.4, 0.5) is 13.2 Å². The quantitative estimate of drug-likeness (QED) is 0.895. The molecule has 0 saturated heterocycles. The molecule has 1 aromatic rings. The monoisotopic (exact) mass is 276 g/mol. The Morgan fingerprint density at radius 3 is 2.68 bits per heavy atom. The van der Waals surface area contributed by atoms with Crippen LogP contribution >= 0.6 is 0 Å². The lowest BCUT2D eigenvalue weighted by Gasteiger charge is -2.21. The zero-order chi connectivity index (χ0) is 14.0. The lowest BCUT2D eigenvalue weighted by molar-refractivity contribution is -0.140. The number of nitrogens with one attached hydrogen (secondary N) is 1. The predicted molar refractivity (Wildman–Crippen MR) is 60.6 cm³/mol. The van der Waals surface area contributed by atoms with Crippen molar-refractivity contribution in [2.24, 2.45) is 0 Å². The number of hydrogen-bond acceptors (Lipinski definition) is 3. The number of nitrogens with zero attached hydrogens (tertiary/aromatic N) is 3. The Balaban J connectivity index is 2.08. The van der Waals surface area contributed by atoms with E-state index in [4.69, 9.17) is 0 Å². The number of carbonyl (C=O) groups excluding carboxylic acids is 1. The van der Waals surface area contributed by atoms with Crippen LogP contribution in [-0.2, 0) is 0 Å². The number of H-pyrrole nitrogens is 1. The Bertz CT molecular complexity index is 453. The first-order valence-corrected chi connectivity index (χ1v) is 6.19. The summed E-state index contributed by atoms with van der Waals surface area (Å²) >= 11 is 0. The number of hydrogen-bond donors (Lipinski definition) is 1. The summed E-state index contributed by atoms with van der Waals surface area (Å²) < 4.78 is 37.2. The van der Waals surface area contributed by atoms with E-state index in [2.05, 4.69) is 15.2 Å². The van der Waals surface area contributed by atoms with Crippen molar-refractivity contribution in [1.29, 1.82) is 0 Å². The minimum Gasteiger partial charge on any atom is -0.327 e. The molecule has 2 rings (SSSR count). The Morgan fingerprint density at radius 2 is 2.16 bits per heavy atom. The first kappa shape index (κ1) is 13.8. The lowest BCUT2D eigenvalue weighted by atomic mass is 10.3. The zero-order valence-electron chi connectivity index (χ0n) is 10.5. The smallest absolute Gasteiger partial charge is 0.327 e. The van der Waals surface area contributed by atoms with E-state index in [-0.39, 0.29) is 18.3 Å². The second kappa shape index (κ2) is 5.18. The molecule has 19 heavy (non-hydrogen) atoms. The summed E-state index contributed by atoms with van der Waals surface area (Å²) in [6.45, 7) is 0.475. The zero-order valence-corrected chi connectivity index (χ0v) is 10.5. The van der Waals surface area contributed by atoms with Crippen LogP contribution in [0.5, 0.6) is 0 Å². The van der Waals surface area contributed by atoms with E-state index in [0.29, 0.717) is 12.2 Å². The molecular formula is C11H15F3N4O. The van der Waals surface area contributed by atoms with Gasteiger partial charge in [-0.3, -0.25) is 9.89 Å². The second-order valence-corrected chi connectivity index (χ2v) is 4.66. The highest BCUT2D eigenvalue weighted by atomic mass is 19.4. The van der Waals surface area contributed by atoms with Gasteiger partial charge in [0, 0.05) is 12.5 Å². The molecule has 1 amide bonds. The van der Waals surface area contributed by atoms with Gasteiger partial charge >= 0.3 is 6.18 Å². The van der Waals surface area contributed by atoms with E-state index in [0.717, 1.165) is 17.7 Å². The molecule has 0 atom stereocenters. The van der Waals surface area contributed by atoms with Gasteiger partial charge in [-0.25, -0.2) is 4.98 Å². The summed E-state index contributed by atoms with van der Waals surface area (Å²) in [6, 6.07) is 0. The third-order valence-electron chi connectivity index (χ3n) is 2.81. The fourth-order valence-electron chi connectivity index (χ4n) is 1.79. The molecule has 1 aliphatic rings. The molecule has 0 spiro atoms. The number of aromatic amines is 1. The van der Waals surface area contributed by atoms with Crippen LogP contribution in [0.2, 0.25) is 0 Å². The molecule has 1 aliphatic carbocycles. The SMILES string of the molecule is CCCN(CC(F)(F)F)C(=O)c1n[nH]c(C2CC2)n1. The molecule has 0 aliphatic heterocycles. The number of aromatic nitrogens is 3. The fraction of sp³-hybridized carbons (Fsp3) is 0.727. The Morgan fingerprint density at radius 1 is 1.47 bits per heavy atom. The molecule has 0 radical (unpaired) electrons. The van der Waals surface area contributed by atoms with Crippen molar-refractivity contribution >= 4 is 5.91 Å². The van der Waals surface area contributed by atoms with Crippen molar-refractivity contribution in [2.45, 2.75) is 38.3 Å². The maximum Gasteiger partial charge on any atom is 0.406 e. The van der Waals surface area contributed by atoms with Crippen molar-refractivity contribution in [2.75, 3.05) is 13.1 Å². The van der Waals surface area contributed by atoms with Crippen LogP contribution < -0.4 is 0 Å². The Kier molecular flexibility index (Phi) is 3.77. The summed E-state index contributed by atoms with van der Waals surface area (Å²) in [5, 5.41) is 6.33. The maximum absolute atomic E-state index is 12.4. The molecule has 1 aromatic heterocycles. The standard InChI is InChI=1S/C11H15F3N4O/c1-2-5-18(6-11(12,13)14)10(19)9-15-8(16-17-9)7-3-4-7/h7H,2-6H2,1H3,(H,15,16,17). The number of alkyl halides is 3. The summed E-state index contributed by atoms with van der Waals surface area (Å²) in [5.41, 5.74) is 0. The van der Waals surface area contributed by atoms with Gasteiger partial charge in [0.15, 0.2) is 0 Å². The predicted octanol–water partition coefficient (Wildman–Crippen LogP) is 2.10. The molecule has 1 N–H and O–H groups in total. The molecular weight excluding hydrogens is 261 g/mol. The highest BCUT2D eigenvalue weighted by molar-refractivity contribution is 5.90. The van der Waals surface area contributed by atoms with Gasteiger partial charge in [-0.15, -0.1) is 5.10 Å². The van der Waals surface area contributed by atoms with Gasteiger partial charge in [-0.2, -0.15) is 13.2 Å². The van der Waals surface area contributed by atoms with Crippen molar-refractivity contribution in [1.82, 2.24) is 20.1 Å². The minimum atomic E-state index is -4.42. The van der Waals surface area contributed by atoms with Crippen LogP contribution in [0.25, 0.3) is 0 Å². The molecule has 1 heterocycles. The van der Waals surface area contributed by atoms with Crippen LogP contribution in [0.3, 0.4) is 0 Å². The molecule has 0 aromatic carbocycles. The maximum atomic E-state index is 12.4. The van der Waals surface area contributed by atoms with Gasteiger partial charge in [-0.1, -0.05) is 6.92 Å². The molecule has 0 bridgehead atoms. The molecule has 0 unspecified atom stereocenters. The van der Waals surface area contributed by atoms with Gasteiger partial charge in [0.05, 0.1) is 0 Å². The van der Waals surface area contributed by atoms with Crippen LogP contribution in [0.15, 0.2) is 0 Å². The molecule has 1 saturated carbocycles. The van der Waals surface area contributed by atoms with Gasteiger partial charge < -0.3 is 4.90 Å². The van der Waals surface area contributed by atoms with E-state index >= 15 is 0 Å². The average Bonchev–Trinajstić information content (AvgIpc) is 3.04. The van der Waals surface area contributed by atoms with Crippen molar-refractivity contribution in [3.05, 3.63) is 11.6 Å². The van der Waals surface area contributed by atoms with Crippen LogP contribution in [0, 0.1) is 0 Å². The summed E-state index contributed by atoms with van der Waals surface area (Å²) in [4.78, 5) is 16.7. The van der Waals surface area contributed by atoms with Gasteiger partial charge in [0.25, 0.3) is 5.91 Å². The van der Waals surface area contributed by atoms with E-state index in [1.54, 1.807) is 6.92 Å². The van der Waals surface area contributed by atoms with E-state index < -0.39 is 18.6 Å². The number of rotatable bonds is 5. The van der Waals surface area contributed by atoms with Crippen molar-refractivity contribution < 1.29 is 18.0 Å². The van der Waals surface area contributed by atoms with E-state index in [1.807, 2.05) is 0 Å². The third kappa shape index (κ3) is 3.68. The number of carbonyl (C=O) groups is 1. The van der Waals surface area contributed by atoms with Crippen molar-refractivity contribution in [3.63, 3.8) is 0 Å². The van der Waals surface area contributed by atoms with Crippen LogP contribution in [0.1, 0.15) is 48.5 Å². The van der Waals surface area contributed by atoms with Gasteiger partial charge in [-0.05, 0) is 19.3 Å². The van der Waals surface area contributed by atoms with Crippen molar-refractivity contribution in [3.8, 4) is 0 Å². The first-order chi connectivity index (χ1) is 8.90.